The summed E-state index contributed by atoms with van der Waals surface area (Å²) in [6.45, 7) is 2.09. The number of carbonyl (C=O) groups excluding carboxylic acids is 1. The van der Waals surface area contributed by atoms with Crippen molar-refractivity contribution in [2.75, 3.05) is 18.4 Å². The Labute approximate surface area is 181 Å². The number of aromatic nitrogens is 3. The van der Waals surface area contributed by atoms with E-state index in [1.165, 1.54) is 36.3 Å². The summed E-state index contributed by atoms with van der Waals surface area (Å²) in [6, 6.07) is 8.44. The minimum absolute atomic E-state index is 0.235. The molecule has 9 heteroatoms. The van der Waals surface area contributed by atoms with Crippen molar-refractivity contribution in [1.29, 1.82) is 0 Å². The molecule has 6 rings (SSSR count). The first-order chi connectivity index (χ1) is 15.1. The lowest BCUT2D eigenvalue weighted by molar-refractivity contribution is 0.0874. The fourth-order valence-corrected chi connectivity index (χ4v) is 5.74. The van der Waals surface area contributed by atoms with Gasteiger partial charge in [-0.15, -0.1) is 11.3 Å². The van der Waals surface area contributed by atoms with Crippen molar-refractivity contribution in [1.82, 2.24) is 19.9 Å². The Morgan fingerprint density at radius 2 is 2.23 bits per heavy atom. The molecule has 4 heterocycles. The van der Waals surface area contributed by atoms with Crippen LogP contribution in [0, 0.1) is 11.2 Å². The average molecular weight is 438 g/mol. The maximum atomic E-state index is 13.8. The van der Waals surface area contributed by atoms with E-state index >= 15 is 0 Å². The monoisotopic (exact) mass is 437 g/mol. The molecule has 1 saturated carbocycles. The minimum Gasteiger partial charge on any atom is -0.443 e. The molecule has 2 N–H and O–H groups in total. The minimum atomic E-state index is -0.338. The van der Waals surface area contributed by atoms with Crippen LogP contribution in [-0.4, -0.2) is 33.5 Å². The van der Waals surface area contributed by atoms with Gasteiger partial charge >= 0.3 is 0 Å². The van der Waals surface area contributed by atoms with Gasteiger partial charge in [0.05, 0.1) is 27.0 Å². The van der Waals surface area contributed by atoms with Crippen molar-refractivity contribution in [3.05, 3.63) is 53.6 Å². The number of oxazole rings is 1. The molecule has 158 valence electrons. The number of benzene rings is 1. The van der Waals surface area contributed by atoms with Gasteiger partial charge in [0.25, 0.3) is 5.91 Å². The highest BCUT2D eigenvalue weighted by Gasteiger charge is 2.47. The van der Waals surface area contributed by atoms with Gasteiger partial charge in [-0.3, -0.25) is 10.1 Å². The van der Waals surface area contributed by atoms with Crippen LogP contribution in [-0.2, 0) is 0 Å². The zero-order valence-electron chi connectivity index (χ0n) is 16.6. The van der Waals surface area contributed by atoms with Gasteiger partial charge in [0, 0.05) is 18.7 Å². The second-order valence-electron chi connectivity index (χ2n) is 8.41. The van der Waals surface area contributed by atoms with Gasteiger partial charge in [-0.25, -0.2) is 14.4 Å². The van der Waals surface area contributed by atoms with E-state index in [2.05, 4.69) is 25.2 Å². The van der Waals surface area contributed by atoms with Crippen LogP contribution in [0.5, 0.6) is 0 Å². The van der Waals surface area contributed by atoms with Gasteiger partial charge in [-0.1, -0.05) is 0 Å². The van der Waals surface area contributed by atoms with Crippen molar-refractivity contribution in [2.45, 2.75) is 25.3 Å². The molecule has 0 unspecified atom stereocenters. The van der Waals surface area contributed by atoms with E-state index in [1.807, 2.05) is 6.07 Å². The van der Waals surface area contributed by atoms with Gasteiger partial charge in [0.2, 0.25) is 5.95 Å². The van der Waals surface area contributed by atoms with Gasteiger partial charge in [-0.05, 0) is 55.5 Å². The van der Waals surface area contributed by atoms with Crippen LogP contribution < -0.4 is 10.6 Å². The quantitative estimate of drug-likeness (QED) is 0.492. The molecule has 1 amide bonds. The SMILES string of the molecule is O=C(Nc1nc2cc(F)ccc2n1C1CC2(CCNC2)C1)c1ccc(-c2cnco2)s1. The average Bonchev–Trinajstić information content (AvgIpc) is 3.51. The van der Waals surface area contributed by atoms with Crippen molar-refractivity contribution in [3.8, 4) is 10.6 Å². The normalized spacial score (nSPS) is 22.8. The lowest BCUT2D eigenvalue weighted by Gasteiger charge is -2.46. The number of rotatable bonds is 4. The van der Waals surface area contributed by atoms with E-state index < -0.39 is 0 Å². The topological polar surface area (TPSA) is 85.0 Å². The number of carbonyl (C=O) groups is 1. The largest absolute Gasteiger partial charge is 0.443 e. The lowest BCUT2D eigenvalue weighted by atomic mass is 9.65. The number of hydrogen-bond donors (Lipinski definition) is 2. The molecule has 7 nitrogen and oxygen atoms in total. The molecule has 1 aromatic carbocycles. The highest BCUT2D eigenvalue weighted by molar-refractivity contribution is 7.17. The Hall–Kier alpha value is -3.04. The van der Waals surface area contributed by atoms with Crippen molar-refractivity contribution in [3.63, 3.8) is 0 Å². The molecule has 1 aliphatic heterocycles. The first-order valence-electron chi connectivity index (χ1n) is 10.3. The predicted molar refractivity (Wildman–Crippen MR) is 116 cm³/mol. The predicted octanol–water partition coefficient (Wildman–Crippen LogP) is 4.46. The number of anilines is 1. The van der Waals surface area contributed by atoms with Crippen LogP contribution in [0.2, 0.25) is 0 Å². The second-order valence-corrected chi connectivity index (χ2v) is 9.49. The number of fused-ring (bicyclic) bond motifs is 1. The molecular weight excluding hydrogens is 417 g/mol. The van der Waals surface area contributed by atoms with Crippen LogP contribution in [0.1, 0.15) is 35.0 Å². The third kappa shape index (κ3) is 3.16. The zero-order chi connectivity index (χ0) is 21.0. The molecule has 1 spiro atoms. The van der Waals surface area contributed by atoms with Gasteiger partial charge in [0.15, 0.2) is 12.2 Å². The lowest BCUT2D eigenvalue weighted by Crippen LogP contribution is -2.40. The van der Waals surface area contributed by atoms with Gasteiger partial charge < -0.3 is 14.3 Å². The smallest absolute Gasteiger partial charge is 0.268 e. The number of amides is 1. The Morgan fingerprint density at radius 1 is 1.32 bits per heavy atom. The number of imidazole rings is 1. The fourth-order valence-electron chi connectivity index (χ4n) is 4.89. The van der Waals surface area contributed by atoms with Crippen molar-refractivity contribution < 1.29 is 13.6 Å². The van der Waals surface area contributed by atoms with E-state index in [4.69, 9.17) is 4.42 Å². The van der Waals surface area contributed by atoms with Crippen LogP contribution in [0.4, 0.5) is 10.3 Å². The van der Waals surface area contributed by atoms with Crippen LogP contribution in [0.3, 0.4) is 0 Å². The number of hydrogen-bond acceptors (Lipinski definition) is 6. The molecule has 1 saturated heterocycles. The van der Waals surface area contributed by atoms with E-state index in [0.717, 1.165) is 36.3 Å². The summed E-state index contributed by atoms with van der Waals surface area (Å²) in [5, 5.41) is 6.41. The van der Waals surface area contributed by atoms with Crippen LogP contribution in [0.15, 0.2) is 47.3 Å². The van der Waals surface area contributed by atoms with Crippen molar-refractivity contribution >= 4 is 34.2 Å². The molecule has 0 radical (unpaired) electrons. The number of nitrogens with one attached hydrogen (secondary N) is 2. The summed E-state index contributed by atoms with van der Waals surface area (Å²) in [5.41, 5.74) is 1.73. The summed E-state index contributed by atoms with van der Waals surface area (Å²) in [6.07, 6.45) is 6.21. The Balaban J connectivity index is 1.31. The summed E-state index contributed by atoms with van der Waals surface area (Å²) >= 11 is 1.33. The summed E-state index contributed by atoms with van der Waals surface area (Å²) in [5.74, 6) is 0.502. The highest BCUT2D eigenvalue weighted by atomic mass is 32.1. The maximum Gasteiger partial charge on any atom is 0.268 e. The Morgan fingerprint density at radius 3 is 3.00 bits per heavy atom. The van der Waals surface area contributed by atoms with Crippen molar-refractivity contribution in [2.24, 2.45) is 5.41 Å². The van der Waals surface area contributed by atoms with Crippen LogP contribution in [0.25, 0.3) is 21.7 Å². The molecule has 1 aliphatic carbocycles. The fraction of sp³-hybridized carbons (Fsp3) is 0.318. The van der Waals surface area contributed by atoms with Gasteiger partial charge in [-0.2, -0.15) is 0 Å². The third-order valence-corrected chi connectivity index (χ3v) is 7.51. The van der Waals surface area contributed by atoms with Gasteiger partial charge in [0.1, 0.15) is 5.82 Å². The molecule has 2 fully saturated rings. The van der Waals surface area contributed by atoms with Crippen LogP contribution >= 0.6 is 11.3 Å². The summed E-state index contributed by atoms with van der Waals surface area (Å²) in [7, 11) is 0. The van der Waals surface area contributed by atoms with E-state index in [9.17, 15) is 9.18 Å². The number of thiophene rings is 1. The second kappa shape index (κ2) is 7.00. The molecule has 3 aromatic heterocycles. The Kier molecular flexibility index (Phi) is 4.22. The summed E-state index contributed by atoms with van der Waals surface area (Å²) < 4.78 is 21.2. The molecule has 4 aromatic rings. The standard InChI is InChI=1S/C22H20FN5O2S/c23-13-1-2-16-15(7-13)26-21(28(16)14-8-22(9-14)5-6-24-11-22)27-20(29)19-4-3-18(31-19)17-10-25-12-30-17/h1-4,7,10,12,14,24H,5-6,8-9,11H2,(H,26,27,29). The zero-order valence-corrected chi connectivity index (χ0v) is 17.4. The molecule has 31 heavy (non-hydrogen) atoms. The highest BCUT2D eigenvalue weighted by Crippen LogP contribution is 2.53. The molecule has 0 bridgehead atoms. The Bertz CT molecular complexity index is 1260. The first kappa shape index (κ1) is 18.7. The first-order valence-corrected chi connectivity index (χ1v) is 11.1. The van der Waals surface area contributed by atoms with E-state index in [-0.39, 0.29) is 17.8 Å². The van der Waals surface area contributed by atoms with E-state index in [0.29, 0.717) is 27.5 Å². The summed E-state index contributed by atoms with van der Waals surface area (Å²) in [4.78, 5) is 22.8. The third-order valence-electron chi connectivity index (χ3n) is 6.42. The molecule has 2 aliphatic rings. The molecular formula is C22H20FN5O2S. The molecule has 0 atom stereocenters. The number of halogens is 1. The van der Waals surface area contributed by atoms with E-state index in [1.54, 1.807) is 18.3 Å². The maximum absolute atomic E-state index is 13.8. The number of nitrogens with zero attached hydrogens (tertiary/aromatic N) is 3.